The summed E-state index contributed by atoms with van der Waals surface area (Å²) in [4.78, 5) is 27.1. The number of allylic oxidation sites excluding steroid dienone is 1. The first-order valence-corrected chi connectivity index (χ1v) is 8.79. The fourth-order valence-corrected chi connectivity index (χ4v) is 4.04. The number of fused-ring (bicyclic) bond motifs is 1. The van der Waals surface area contributed by atoms with E-state index in [4.69, 9.17) is 0 Å². The Hall–Kier alpha value is -2.11. The minimum atomic E-state index is -0.548. The molecule has 3 rings (SSSR count). The Balaban J connectivity index is 1.82. The molecule has 1 aromatic heterocycles. The summed E-state index contributed by atoms with van der Waals surface area (Å²) in [7, 11) is 0. The topological polar surface area (TPSA) is 78.1 Å². The number of hydrogen-bond acceptors (Lipinski definition) is 3. The van der Waals surface area contributed by atoms with Crippen molar-refractivity contribution in [2.75, 3.05) is 6.54 Å². The van der Waals surface area contributed by atoms with Gasteiger partial charge in [0.1, 0.15) is 0 Å². The lowest BCUT2D eigenvalue weighted by atomic mass is 9.69. The number of likely N-dealkylation sites (tertiary alicyclic amines) is 1. The summed E-state index contributed by atoms with van der Waals surface area (Å²) in [6.45, 7) is 6.97. The van der Waals surface area contributed by atoms with Crippen LogP contribution in [0.1, 0.15) is 56.0 Å². The van der Waals surface area contributed by atoms with Crippen LogP contribution in [0.15, 0.2) is 11.8 Å². The molecule has 6 nitrogen and oxygen atoms in total. The van der Waals surface area contributed by atoms with Gasteiger partial charge in [-0.3, -0.25) is 14.7 Å². The molecular weight excluding hydrogens is 304 g/mol. The number of aromatic amines is 1. The van der Waals surface area contributed by atoms with E-state index in [9.17, 15) is 9.59 Å². The fourth-order valence-electron chi connectivity index (χ4n) is 4.04. The maximum Gasteiger partial charge on any atom is 0.232 e. The number of rotatable bonds is 4. The van der Waals surface area contributed by atoms with Crippen LogP contribution in [0, 0.1) is 19.3 Å². The van der Waals surface area contributed by atoms with E-state index in [1.54, 1.807) is 4.90 Å². The van der Waals surface area contributed by atoms with Crippen molar-refractivity contribution in [3.63, 3.8) is 0 Å². The predicted molar refractivity (Wildman–Crippen MR) is 90.9 cm³/mol. The molecule has 0 radical (unpaired) electrons. The quantitative estimate of drug-likeness (QED) is 0.889. The number of carbonyl (C=O) groups is 2. The van der Waals surface area contributed by atoms with Crippen molar-refractivity contribution in [1.29, 1.82) is 0 Å². The van der Waals surface area contributed by atoms with E-state index in [1.807, 2.05) is 20.8 Å². The molecule has 2 N–H and O–H groups in total. The first-order chi connectivity index (χ1) is 11.5. The van der Waals surface area contributed by atoms with Gasteiger partial charge in [0.05, 0.1) is 11.1 Å². The van der Waals surface area contributed by atoms with Crippen molar-refractivity contribution in [3.8, 4) is 0 Å². The molecule has 1 unspecified atom stereocenters. The number of nitrogens with one attached hydrogen (secondary N) is 2. The van der Waals surface area contributed by atoms with Gasteiger partial charge in [-0.25, -0.2) is 0 Å². The summed E-state index contributed by atoms with van der Waals surface area (Å²) in [5.74, 6) is 0.176. The SMILES string of the molecule is CCN1C(=O)CCC2(C(=O)NCc3c(C)n[nH]c3C)CCCC=C12. The summed E-state index contributed by atoms with van der Waals surface area (Å²) in [6, 6.07) is 0. The van der Waals surface area contributed by atoms with E-state index in [-0.39, 0.29) is 11.8 Å². The van der Waals surface area contributed by atoms with Gasteiger partial charge in [-0.15, -0.1) is 0 Å². The summed E-state index contributed by atoms with van der Waals surface area (Å²) < 4.78 is 0. The van der Waals surface area contributed by atoms with Gasteiger partial charge in [-0.1, -0.05) is 6.08 Å². The number of hydrogen-bond donors (Lipinski definition) is 2. The molecule has 2 aliphatic rings. The molecule has 24 heavy (non-hydrogen) atoms. The second kappa shape index (κ2) is 6.42. The maximum absolute atomic E-state index is 13.1. The molecule has 6 heteroatoms. The monoisotopic (exact) mass is 330 g/mol. The number of amides is 2. The largest absolute Gasteiger partial charge is 0.351 e. The summed E-state index contributed by atoms with van der Waals surface area (Å²) in [5.41, 5.74) is 3.32. The molecule has 0 spiro atoms. The van der Waals surface area contributed by atoms with Crippen molar-refractivity contribution in [2.24, 2.45) is 5.41 Å². The standard InChI is InChI=1S/C18H26N4O2/c1-4-22-15-7-5-6-9-18(15,10-8-16(22)23)17(24)19-11-14-12(2)20-21-13(14)3/h7H,4-6,8-11H2,1-3H3,(H,19,24)(H,20,21). The number of carbonyl (C=O) groups excluding carboxylic acids is 2. The number of H-pyrrole nitrogens is 1. The highest BCUT2D eigenvalue weighted by Gasteiger charge is 2.49. The molecule has 2 amide bonds. The zero-order valence-electron chi connectivity index (χ0n) is 14.7. The van der Waals surface area contributed by atoms with Gasteiger partial charge in [-0.05, 0) is 46.5 Å². The average Bonchev–Trinajstić information content (AvgIpc) is 2.91. The minimum absolute atomic E-state index is 0.0411. The normalized spacial score (nSPS) is 23.7. The summed E-state index contributed by atoms with van der Waals surface area (Å²) in [5, 5.41) is 10.2. The van der Waals surface area contributed by atoms with Gasteiger partial charge in [0.15, 0.2) is 0 Å². The van der Waals surface area contributed by atoms with Crippen molar-refractivity contribution in [3.05, 3.63) is 28.7 Å². The van der Waals surface area contributed by atoms with Gasteiger partial charge in [0, 0.05) is 36.5 Å². The molecule has 1 fully saturated rings. The van der Waals surface area contributed by atoms with Gasteiger partial charge < -0.3 is 10.2 Å². The number of aryl methyl sites for hydroxylation is 2. The van der Waals surface area contributed by atoms with Crippen LogP contribution in [0.3, 0.4) is 0 Å². The first-order valence-electron chi connectivity index (χ1n) is 8.79. The molecule has 0 bridgehead atoms. The third-order valence-corrected chi connectivity index (χ3v) is 5.45. The van der Waals surface area contributed by atoms with Crippen LogP contribution in [0.4, 0.5) is 0 Å². The van der Waals surface area contributed by atoms with Crippen LogP contribution >= 0.6 is 0 Å². The second-order valence-electron chi connectivity index (χ2n) is 6.80. The van der Waals surface area contributed by atoms with E-state index in [0.29, 0.717) is 25.9 Å². The molecule has 0 aromatic carbocycles. The Morgan fingerprint density at radius 3 is 2.88 bits per heavy atom. The lowest BCUT2D eigenvalue weighted by molar-refractivity contribution is -0.140. The Morgan fingerprint density at radius 2 is 2.21 bits per heavy atom. The van der Waals surface area contributed by atoms with E-state index in [1.165, 1.54) is 0 Å². The fraction of sp³-hybridized carbons (Fsp3) is 0.611. The van der Waals surface area contributed by atoms with Crippen LogP contribution in [0.2, 0.25) is 0 Å². The molecule has 1 aliphatic carbocycles. The van der Waals surface area contributed by atoms with Crippen LogP contribution in [0.5, 0.6) is 0 Å². The zero-order chi connectivity index (χ0) is 17.3. The van der Waals surface area contributed by atoms with E-state index >= 15 is 0 Å². The van der Waals surface area contributed by atoms with Crippen LogP contribution in [0.25, 0.3) is 0 Å². The predicted octanol–water partition coefficient (Wildman–Crippen LogP) is 2.34. The van der Waals surface area contributed by atoms with Gasteiger partial charge in [0.2, 0.25) is 11.8 Å². The Bertz CT molecular complexity index is 672. The van der Waals surface area contributed by atoms with Crippen LogP contribution in [-0.2, 0) is 16.1 Å². The Morgan fingerprint density at radius 1 is 1.42 bits per heavy atom. The Labute approximate surface area is 142 Å². The second-order valence-corrected chi connectivity index (χ2v) is 6.80. The van der Waals surface area contributed by atoms with Crippen molar-refractivity contribution < 1.29 is 9.59 Å². The van der Waals surface area contributed by atoms with Crippen molar-refractivity contribution in [2.45, 2.75) is 59.4 Å². The highest BCUT2D eigenvalue weighted by molar-refractivity contribution is 5.91. The van der Waals surface area contributed by atoms with E-state index in [2.05, 4.69) is 21.6 Å². The minimum Gasteiger partial charge on any atom is -0.351 e. The lowest BCUT2D eigenvalue weighted by Crippen LogP contribution is -2.52. The van der Waals surface area contributed by atoms with Gasteiger partial charge in [-0.2, -0.15) is 5.10 Å². The van der Waals surface area contributed by atoms with E-state index < -0.39 is 5.41 Å². The molecule has 130 valence electrons. The zero-order valence-corrected chi connectivity index (χ0v) is 14.7. The summed E-state index contributed by atoms with van der Waals surface area (Å²) >= 11 is 0. The van der Waals surface area contributed by atoms with Crippen LogP contribution < -0.4 is 5.32 Å². The molecule has 2 heterocycles. The van der Waals surface area contributed by atoms with Crippen molar-refractivity contribution >= 4 is 11.8 Å². The number of nitrogens with zero attached hydrogens (tertiary/aromatic N) is 2. The summed E-state index contributed by atoms with van der Waals surface area (Å²) in [6.07, 6.45) is 5.90. The molecule has 0 saturated carbocycles. The molecule has 1 aromatic rings. The third kappa shape index (κ3) is 2.64. The lowest BCUT2D eigenvalue weighted by Gasteiger charge is -2.45. The smallest absolute Gasteiger partial charge is 0.232 e. The molecule has 1 aliphatic heterocycles. The first kappa shape index (κ1) is 16.7. The number of aromatic nitrogens is 2. The molecule has 1 saturated heterocycles. The third-order valence-electron chi connectivity index (χ3n) is 5.45. The maximum atomic E-state index is 13.1. The molecule has 1 atom stereocenters. The average molecular weight is 330 g/mol. The Kier molecular flexibility index (Phi) is 4.47. The van der Waals surface area contributed by atoms with Crippen LogP contribution in [-0.4, -0.2) is 33.5 Å². The van der Waals surface area contributed by atoms with Gasteiger partial charge in [0.25, 0.3) is 0 Å². The highest BCUT2D eigenvalue weighted by Crippen LogP contribution is 2.46. The van der Waals surface area contributed by atoms with Crippen molar-refractivity contribution in [1.82, 2.24) is 20.4 Å². The van der Waals surface area contributed by atoms with Gasteiger partial charge >= 0.3 is 0 Å². The molecular formula is C18H26N4O2. The highest BCUT2D eigenvalue weighted by atomic mass is 16.2. The van der Waals surface area contributed by atoms with E-state index in [0.717, 1.165) is 41.9 Å². The number of piperidine rings is 1.